The number of hydrogen-bond donors (Lipinski definition) is 2. The van der Waals surface area contributed by atoms with Gasteiger partial charge in [0.1, 0.15) is 0 Å². The van der Waals surface area contributed by atoms with Gasteiger partial charge in [0.05, 0.1) is 5.75 Å². The van der Waals surface area contributed by atoms with Gasteiger partial charge < -0.3 is 10.6 Å². The van der Waals surface area contributed by atoms with E-state index in [1.165, 1.54) is 28.7 Å². The highest BCUT2D eigenvalue weighted by molar-refractivity contribution is 8.01. The third kappa shape index (κ3) is 5.06. The normalized spacial score (nSPS) is 10.5. The molecule has 0 radical (unpaired) electrons. The van der Waals surface area contributed by atoms with Crippen LogP contribution in [0.5, 0.6) is 0 Å². The largest absolute Gasteiger partial charge is 0.356 e. The number of aryl methyl sites for hydroxylation is 2. The molecule has 0 aliphatic carbocycles. The predicted molar refractivity (Wildman–Crippen MR) is 109 cm³/mol. The Labute approximate surface area is 161 Å². The van der Waals surface area contributed by atoms with Gasteiger partial charge in [-0.05, 0) is 30.5 Å². The molecular formula is C19H20N4OS2. The first-order valence-corrected chi connectivity index (χ1v) is 10.0. The minimum absolute atomic E-state index is 0.0404. The first-order valence-electron chi connectivity index (χ1n) is 8.22. The number of anilines is 2. The molecule has 0 saturated heterocycles. The van der Waals surface area contributed by atoms with Crippen LogP contribution in [-0.4, -0.2) is 21.9 Å². The molecule has 134 valence electrons. The summed E-state index contributed by atoms with van der Waals surface area (Å²) < 4.78 is 0.775. The zero-order valence-corrected chi connectivity index (χ0v) is 16.3. The highest BCUT2D eigenvalue weighted by Crippen LogP contribution is 2.26. The summed E-state index contributed by atoms with van der Waals surface area (Å²) in [4.78, 5) is 12.2. The van der Waals surface area contributed by atoms with Gasteiger partial charge in [-0.25, -0.2) is 0 Å². The van der Waals surface area contributed by atoms with E-state index in [4.69, 9.17) is 0 Å². The molecule has 1 amide bonds. The smallest absolute Gasteiger partial charge is 0.234 e. The van der Waals surface area contributed by atoms with E-state index in [2.05, 4.69) is 33.0 Å². The van der Waals surface area contributed by atoms with Crippen LogP contribution in [0.1, 0.15) is 16.7 Å². The summed E-state index contributed by atoms with van der Waals surface area (Å²) in [6, 6.07) is 16.1. The summed E-state index contributed by atoms with van der Waals surface area (Å²) in [5, 5.41) is 15.3. The minimum atomic E-state index is -0.0404. The Kier molecular flexibility index (Phi) is 6.25. The molecule has 1 aromatic heterocycles. The van der Waals surface area contributed by atoms with Crippen LogP contribution in [-0.2, 0) is 11.3 Å². The maximum atomic E-state index is 12.2. The first kappa shape index (κ1) is 18.4. The van der Waals surface area contributed by atoms with E-state index in [-0.39, 0.29) is 5.91 Å². The van der Waals surface area contributed by atoms with Gasteiger partial charge in [0.25, 0.3) is 0 Å². The minimum Gasteiger partial charge on any atom is -0.356 e. The molecule has 0 saturated carbocycles. The number of carbonyl (C=O) groups excluding carboxylic acids is 1. The average molecular weight is 385 g/mol. The Morgan fingerprint density at radius 2 is 1.77 bits per heavy atom. The maximum absolute atomic E-state index is 12.2. The second-order valence-electron chi connectivity index (χ2n) is 5.82. The molecule has 0 spiro atoms. The molecule has 0 aliphatic heterocycles. The number of benzene rings is 2. The molecule has 1 heterocycles. The number of para-hydroxylation sites is 1. The third-order valence-corrected chi connectivity index (χ3v) is 5.78. The number of thioether (sulfide) groups is 1. The van der Waals surface area contributed by atoms with Gasteiger partial charge in [-0.1, -0.05) is 71.6 Å². The van der Waals surface area contributed by atoms with Crippen molar-refractivity contribution in [3.63, 3.8) is 0 Å². The topological polar surface area (TPSA) is 66.9 Å². The van der Waals surface area contributed by atoms with Gasteiger partial charge in [0, 0.05) is 12.2 Å². The van der Waals surface area contributed by atoms with E-state index < -0.39 is 0 Å². The average Bonchev–Trinajstić information content (AvgIpc) is 3.10. The molecule has 0 fully saturated rings. The fourth-order valence-electron chi connectivity index (χ4n) is 2.43. The van der Waals surface area contributed by atoms with Crippen LogP contribution in [0.2, 0.25) is 0 Å². The zero-order valence-electron chi connectivity index (χ0n) is 14.7. The van der Waals surface area contributed by atoms with Crippen molar-refractivity contribution in [3.05, 3.63) is 65.2 Å². The van der Waals surface area contributed by atoms with Crippen molar-refractivity contribution in [2.75, 3.05) is 16.4 Å². The molecule has 3 rings (SSSR count). The van der Waals surface area contributed by atoms with E-state index >= 15 is 0 Å². The second kappa shape index (κ2) is 8.82. The maximum Gasteiger partial charge on any atom is 0.234 e. The molecule has 0 aliphatic rings. The standard InChI is InChI=1S/C19H20N4OS2/c1-13-7-6-8-14(2)17(13)21-16(24)12-25-19-23-22-18(26-19)20-11-15-9-4-3-5-10-15/h3-10H,11-12H2,1-2H3,(H,20,22)(H,21,24). The molecule has 5 nitrogen and oxygen atoms in total. The highest BCUT2D eigenvalue weighted by atomic mass is 32.2. The van der Waals surface area contributed by atoms with E-state index in [0.717, 1.165) is 26.3 Å². The molecule has 2 N–H and O–H groups in total. The van der Waals surface area contributed by atoms with Gasteiger partial charge in [-0.15, -0.1) is 10.2 Å². The second-order valence-corrected chi connectivity index (χ2v) is 8.02. The van der Waals surface area contributed by atoms with E-state index in [1.807, 2.05) is 50.2 Å². The van der Waals surface area contributed by atoms with Gasteiger partial charge in [-0.3, -0.25) is 4.79 Å². The lowest BCUT2D eigenvalue weighted by molar-refractivity contribution is -0.113. The van der Waals surface area contributed by atoms with Crippen molar-refractivity contribution in [2.24, 2.45) is 0 Å². The van der Waals surface area contributed by atoms with Crippen molar-refractivity contribution in [3.8, 4) is 0 Å². The number of carbonyl (C=O) groups is 1. The summed E-state index contributed by atoms with van der Waals surface area (Å²) in [6.45, 7) is 4.68. The molecule has 26 heavy (non-hydrogen) atoms. The van der Waals surface area contributed by atoms with Crippen LogP contribution in [0.15, 0.2) is 52.9 Å². The Hall–Kier alpha value is -2.38. The summed E-state index contributed by atoms with van der Waals surface area (Å²) in [5.41, 5.74) is 4.20. The lowest BCUT2D eigenvalue weighted by atomic mass is 10.1. The number of nitrogens with one attached hydrogen (secondary N) is 2. The summed E-state index contributed by atoms with van der Waals surface area (Å²) in [7, 11) is 0. The van der Waals surface area contributed by atoms with Crippen molar-refractivity contribution in [1.82, 2.24) is 10.2 Å². The van der Waals surface area contributed by atoms with E-state index in [9.17, 15) is 4.79 Å². The number of nitrogens with zero attached hydrogens (tertiary/aromatic N) is 2. The van der Waals surface area contributed by atoms with Crippen LogP contribution >= 0.6 is 23.1 Å². The SMILES string of the molecule is Cc1cccc(C)c1NC(=O)CSc1nnc(NCc2ccccc2)s1. The van der Waals surface area contributed by atoms with Crippen LogP contribution in [0, 0.1) is 13.8 Å². The van der Waals surface area contributed by atoms with Crippen LogP contribution in [0.25, 0.3) is 0 Å². The quantitative estimate of drug-likeness (QED) is 0.587. The summed E-state index contributed by atoms with van der Waals surface area (Å²) in [5.74, 6) is 0.266. The number of rotatable bonds is 7. The lowest BCUT2D eigenvalue weighted by Crippen LogP contribution is -2.15. The highest BCUT2D eigenvalue weighted by Gasteiger charge is 2.10. The monoisotopic (exact) mass is 384 g/mol. The Morgan fingerprint density at radius 3 is 2.50 bits per heavy atom. The van der Waals surface area contributed by atoms with Gasteiger partial charge in [0.15, 0.2) is 4.34 Å². The fourth-order valence-corrected chi connectivity index (χ4v) is 3.98. The number of aromatic nitrogens is 2. The van der Waals surface area contributed by atoms with Crippen LogP contribution in [0.4, 0.5) is 10.8 Å². The Balaban J connectivity index is 1.49. The zero-order chi connectivity index (χ0) is 18.4. The lowest BCUT2D eigenvalue weighted by Gasteiger charge is -2.10. The van der Waals surface area contributed by atoms with Gasteiger partial charge in [0.2, 0.25) is 11.0 Å². The molecule has 0 unspecified atom stereocenters. The van der Waals surface area contributed by atoms with Gasteiger partial charge in [-0.2, -0.15) is 0 Å². The van der Waals surface area contributed by atoms with Crippen molar-refractivity contribution in [1.29, 1.82) is 0 Å². The molecule has 0 bridgehead atoms. The molecule has 7 heteroatoms. The summed E-state index contributed by atoms with van der Waals surface area (Å²) >= 11 is 2.85. The van der Waals surface area contributed by atoms with Crippen molar-refractivity contribution < 1.29 is 4.79 Å². The van der Waals surface area contributed by atoms with Gasteiger partial charge >= 0.3 is 0 Å². The Morgan fingerprint density at radius 1 is 1.04 bits per heavy atom. The molecule has 3 aromatic rings. The summed E-state index contributed by atoms with van der Waals surface area (Å²) in [6.07, 6.45) is 0. The van der Waals surface area contributed by atoms with Crippen molar-refractivity contribution >= 4 is 39.8 Å². The van der Waals surface area contributed by atoms with E-state index in [0.29, 0.717) is 12.3 Å². The Bertz CT molecular complexity index is 860. The molecule has 2 aromatic carbocycles. The number of amides is 1. The predicted octanol–water partition coefficient (Wildman–Crippen LogP) is 4.50. The van der Waals surface area contributed by atoms with Crippen molar-refractivity contribution in [2.45, 2.75) is 24.7 Å². The molecule has 0 atom stereocenters. The first-order chi connectivity index (χ1) is 12.6. The van der Waals surface area contributed by atoms with E-state index in [1.54, 1.807) is 0 Å². The van der Waals surface area contributed by atoms with Crippen LogP contribution < -0.4 is 10.6 Å². The fraction of sp³-hybridized carbons (Fsp3) is 0.211. The third-order valence-electron chi connectivity index (χ3n) is 3.77. The molecular weight excluding hydrogens is 364 g/mol. The number of hydrogen-bond acceptors (Lipinski definition) is 6. The van der Waals surface area contributed by atoms with Crippen LogP contribution in [0.3, 0.4) is 0 Å².